The van der Waals surface area contributed by atoms with Crippen molar-refractivity contribution in [2.24, 2.45) is 0 Å². The van der Waals surface area contributed by atoms with Crippen LogP contribution >= 0.6 is 0 Å². The van der Waals surface area contributed by atoms with Gasteiger partial charge in [-0.3, -0.25) is 4.79 Å². The second-order valence-electron chi connectivity index (χ2n) is 4.17. The van der Waals surface area contributed by atoms with Gasteiger partial charge in [0.25, 0.3) is 5.91 Å². The molecule has 1 rings (SSSR count). The minimum Gasteiger partial charge on any atom is -0.479 e. The van der Waals surface area contributed by atoms with Crippen molar-refractivity contribution in [1.82, 2.24) is 9.88 Å². The lowest BCUT2D eigenvalue weighted by Gasteiger charge is -2.14. The third-order valence-corrected chi connectivity index (χ3v) is 2.58. The number of carbonyl (C=O) groups excluding carboxylic acids is 1. The van der Waals surface area contributed by atoms with E-state index in [2.05, 4.69) is 5.32 Å². The Morgan fingerprint density at radius 1 is 1.50 bits per heavy atom. The lowest BCUT2D eigenvalue weighted by Crippen LogP contribution is -2.38. The van der Waals surface area contributed by atoms with Gasteiger partial charge in [-0.25, -0.2) is 4.79 Å². The summed E-state index contributed by atoms with van der Waals surface area (Å²) in [7, 11) is 1.29. The standard InChI is InChI=1S/C12H18N2O4/c1-8(2)14-6-4-5-9(14)11(15)13-7-10(18-3)12(16)17/h4-6,8,10H,7H2,1-3H3,(H,13,15)(H,16,17). The number of hydrogen-bond acceptors (Lipinski definition) is 3. The topological polar surface area (TPSA) is 80.6 Å². The lowest BCUT2D eigenvalue weighted by molar-refractivity contribution is -0.148. The van der Waals surface area contributed by atoms with Crippen molar-refractivity contribution in [1.29, 1.82) is 0 Å². The Kier molecular flexibility index (Phi) is 4.91. The summed E-state index contributed by atoms with van der Waals surface area (Å²) in [6.07, 6.45) is 0.779. The van der Waals surface area contributed by atoms with Crippen LogP contribution in [-0.4, -0.2) is 41.3 Å². The lowest BCUT2D eigenvalue weighted by atomic mass is 10.3. The Morgan fingerprint density at radius 3 is 2.67 bits per heavy atom. The molecule has 100 valence electrons. The van der Waals surface area contributed by atoms with Crippen LogP contribution in [0.1, 0.15) is 30.4 Å². The Labute approximate surface area is 106 Å². The molecule has 0 fully saturated rings. The summed E-state index contributed by atoms with van der Waals surface area (Å²) in [4.78, 5) is 22.6. The molecule has 18 heavy (non-hydrogen) atoms. The van der Waals surface area contributed by atoms with Crippen LogP contribution in [0.3, 0.4) is 0 Å². The second kappa shape index (κ2) is 6.20. The molecule has 0 aliphatic carbocycles. The van der Waals surface area contributed by atoms with Gasteiger partial charge in [0, 0.05) is 19.3 Å². The second-order valence-corrected chi connectivity index (χ2v) is 4.17. The van der Waals surface area contributed by atoms with Crippen molar-refractivity contribution >= 4 is 11.9 Å². The molecule has 0 radical (unpaired) electrons. The van der Waals surface area contributed by atoms with Crippen LogP contribution in [0.4, 0.5) is 0 Å². The summed E-state index contributed by atoms with van der Waals surface area (Å²) in [5, 5.41) is 11.3. The summed E-state index contributed by atoms with van der Waals surface area (Å²) in [5.74, 6) is -1.41. The fraction of sp³-hybridized carbons (Fsp3) is 0.500. The van der Waals surface area contributed by atoms with Gasteiger partial charge in [0.05, 0.1) is 6.54 Å². The smallest absolute Gasteiger partial charge is 0.334 e. The van der Waals surface area contributed by atoms with Crippen molar-refractivity contribution < 1.29 is 19.4 Å². The van der Waals surface area contributed by atoms with E-state index >= 15 is 0 Å². The maximum Gasteiger partial charge on any atom is 0.334 e. The third kappa shape index (κ3) is 3.33. The zero-order valence-corrected chi connectivity index (χ0v) is 10.7. The summed E-state index contributed by atoms with van der Waals surface area (Å²) in [6.45, 7) is 3.87. The van der Waals surface area contributed by atoms with Crippen molar-refractivity contribution in [3.8, 4) is 0 Å². The predicted octanol–water partition coefficient (Wildman–Crippen LogP) is 0.898. The number of nitrogens with zero attached hydrogens (tertiary/aromatic N) is 1. The highest BCUT2D eigenvalue weighted by Crippen LogP contribution is 2.10. The highest BCUT2D eigenvalue weighted by atomic mass is 16.5. The number of methoxy groups -OCH3 is 1. The molecule has 6 nitrogen and oxygen atoms in total. The highest BCUT2D eigenvalue weighted by Gasteiger charge is 2.19. The van der Waals surface area contributed by atoms with Gasteiger partial charge in [0.2, 0.25) is 0 Å². The zero-order chi connectivity index (χ0) is 13.7. The number of carboxylic acids is 1. The number of aliphatic carboxylic acids is 1. The molecule has 6 heteroatoms. The van der Waals surface area contributed by atoms with Gasteiger partial charge in [-0.1, -0.05) is 0 Å². The Morgan fingerprint density at radius 2 is 2.17 bits per heavy atom. The number of carbonyl (C=O) groups is 2. The fourth-order valence-corrected chi connectivity index (χ4v) is 1.58. The number of nitrogens with one attached hydrogen (secondary N) is 1. The first-order valence-electron chi connectivity index (χ1n) is 5.68. The van der Waals surface area contributed by atoms with Gasteiger partial charge in [0.15, 0.2) is 6.10 Å². The molecule has 1 heterocycles. The van der Waals surface area contributed by atoms with Gasteiger partial charge < -0.3 is 19.7 Å². The molecule has 1 aromatic rings. The predicted molar refractivity (Wildman–Crippen MR) is 65.6 cm³/mol. The Bertz CT molecular complexity index is 425. The maximum absolute atomic E-state index is 11.9. The molecule has 0 bridgehead atoms. The van der Waals surface area contributed by atoms with E-state index in [-0.39, 0.29) is 18.5 Å². The molecule has 0 spiro atoms. The first-order chi connectivity index (χ1) is 8.47. The minimum atomic E-state index is -1.10. The van der Waals surface area contributed by atoms with E-state index < -0.39 is 12.1 Å². The van der Waals surface area contributed by atoms with Crippen molar-refractivity contribution in [3.05, 3.63) is 24.0 Å². The van der Waals surface area contributed by atoms with Crippen molar-refractivity contribution in [3.63, 3.8) is 0 Å². The van der Waals surface area contributed by atoms with Gasteiger partial charge in [-0.05, 0) is 26.0 Å². The van der Waals surface area contributed by atoms with Crippen LogP contribution in [0.15, 0.2) is 18.3 Å². The molecular weight excluding hydrogens is 236 g/mol. The van der Waals surface area contributed by atoms with E-state index in [1.165, 1.54) is 7.11 Å². The van der Waals surface area contributed by atoms with Crippen LogP contribution in [0, 0.1) is 0 Å². The summed E-state index contributed by atoms with van der Waals surface area (Å²) in [5.41, 5.74) is 0.505. The fourth-order valence-electron chi connectivity index (χ4n) is 1.58. The molecular formula is C12H18N2O4. The van der Waals surface area contributed by atoms with E-state index in [9.17, 15) is 9.59 Å². The van der Waals surface area contributed by atoms with E-state index in [0.717, 1.165) is 0 Å². The molecule has 1 unspecified atom stereocenters. The van der Waals surface area contributed by atoms with Crippen LogP contribution < -0.4 is 5.32 Å². The van der Waals surface area contributed by atoms with Crippen molar-refractivity contribution in [2.75, 3.05) is 13.7 Å². The number of amides is 1. The summed E-state index contributed by atoms with van der Waals surface area (Å²) in [6, 6.07) is 3.64. The molecule has 0 aliphatic rings. The average Bonchev–Trinajstić information content (AvgIpc) is 2.78. The quantitative estimate of drug-likeness (QED) is 0.790. The van der Waals surface area contributed by atoms with Crippen LogP contribution in [0.2, 0.25) is 0 Å². The van der Waals surface area contributed by atoms with E-state index in [1.54, 1.807) is 12.1 Å². The first kappa shape index (κ1) is 14.2. The van der Waals surface area contributed by atoms with Gasteiger partial charge in [0.1, 0.15) is 5.69 Å². The summed E-state index contributed by atoms with van der Waals surface area (Å²) >= 11 is 0. The Balaban J connectivity index is 2.65. The van der Waals surface area contributed by atoms with Crippen LogP contribution in [0.25, 0.3) is 0 Å². The van der Waals surface area contributed by atoms with Gasteiger partial charge in [-0.15, -0.1) is 0 Å². The highest BCUT2D eigenvalue weighted by molar-refractivity contribution is 5.93. The van der Waals surface area contributed by atoms with Crippen LogP contribution in [-0.2, 0) is 9.53 Å². The molecule has 0 saturated heterocycles. The number of carboxylic acid groups (broad SMARTS) is 1. The van der Waals surface area contributed by atoms with Crippen molar-refractivity contribution in [2.45, 2.75) is 26.0 Å². The normalized spacial score (nSPS) is 12.4. The number of aromatic nitrogens is 1. The van der Waals surface area contributed by atoms with E-state index in [1.807, 2.05) is 24.6 Å². The summed E-state index contributed by atoms with van der Waals surface area (Å²) < 4.78 is 6.55. The molecule has 0 aromatic carbocycles. The molecule has 0 aliphatic heterocycles. The molecule has 2 N–H and O–H groups in total. The molecule has 1 atom stereocenters. The molecule has 1 aromatic heterocycles. The number of rotatable bonds is 6. The SMILES string of the molecule is COC(CNC(=O)c1cccn1C(C)C)C(=O)O. The minimum absolute atomic E-state index is 0.0616. The number of ether oxygens (including phenoxy) is 1. The maximum atomic E-state index is 11.9. The first-order valence-corrected chi connectivity index (χ1v) is 5.68. The third-order valence-electron chi connectivity index (χ3n) is 2.58. The van der Waals surface area contributed by atoms with Crippen LogP contribution in [0.5, 0.6) is 0 Å². The van der Waals surface area contributed by atoms with E-state index in [4.69, 9.17) is 9.84 Å². The zero-order valence-electron chi connectivity index (χ0n) is 10.7. The molecule has 0 saturated carbocycles. The number of hydrogen-bond donors (Lipinski definition) is 2. The molecule has 1 amide bonds. The largest absolute Gasteiger partial charge is 0.479 e. The van der Waals surface area contributed by atoms with Gasteiger partial charge >= 0.3 is 5.97 Å². The van der Waals surface area contributed by atoms with Gasteiger partial charge in [-0.2, -0.15) is 0 Å². The average molecular weight is 254 g/mol. The monoisotopic (exact) mass is 254 g/mol. The Hall–Kier alpha value is -1.82. The van der Waals surface area contributed by atoms with E-state index in [0.29, 0.717) is 5.69 Å².